The van der Waals surface area contributed by atoms with Crippen LogP contribution in [0.15, 0.2) is 0 Å². The van der Waals surface area contributed by atoms with Crippen molar-refractivity contribution in [2.75, 3.05) is 52.4 Å². The van der Waals surface area contributed by atoms with Crippen molar-refractivity contribution in [2.45, 2.75) is 38.2 Å². The number of likely N-dealkylation sites (N-methyl/N-ethyl adjacent to an activating group) is 1. The Morgan fingerprint density at radius 3 is 2.28 bits per heavy atom. The van der Waals surface area contributed by atoms with Crippen molar-refractivity contribution < 1.29 is 0 Å². The zero-order valence-electron chi connectivity index (χ0n) is 12.6. The van der Waals surface area contributed by atoms with Gasteiger partial charge in [0.05, 0.1) is 0 Å². The molecule has 18 heavy (non-hydrogen) atoms. The Morgan fingerprint density at radius 1 is 1.11 bits per heavy atom. The molecule has 0 bridgehead atoms. The molecule has 0 aromatic carbocycles. The monoisotopic (exact) mass is 273 g/mol. The van der Waals surface area contributed by atoms with Gasteiger partial charge in [0.25, 0.3) is 0 Å². The van der Waals surface area contributed by atoms with Crippen molar-refractivity contribution in [1.82, 2.24) is 15.1 Å². The number of thioether (sulfide) groups is 1. The normalized spacial score (nSPS) is 25.8. The lowest BCUT2D eigenvalue weighted by atomic mass is 10.3. The molecule has 0 aromatic rings. The summed E-state index contributed by atoms with van der Waals surface area (Å²) in [6.07, 6.45) is 0. The van der Waals surface area contributed by atoms with Gasteiger partial charge >= 0.3 is 0 Å². The molecule has 0 spiro atoms. The van der Waals surface area contributed by atoms with Gasteiger partial charge in [-0.3, -0.25) is 4.90 Å². The third kappa shape index (κ3) is 6.41. The Morgan fingerprint density at radius 2 is 1.72 bits per heavy atom. The first-order chi connectivity index (χ1) is 8.65. The van der Waals surface area contributed by atoms with Crippen molar-refractivity contribution in [2.24, 2.45) is 0 Å². The first-order valence-corrected chi connectivity index (χ1v) is 8.40. The second kappa shape index (κ2) is 9.18. The van der Waals surface area contributed by atoms with Gasteiger partial charge in [0, 0.05) is 49.8 Å². The topological polar surface area (TPSA) is 18.5 Å². The van der Waals surface area contributed by atoms with E-state index in [4.69, 9.17) is 0 Å². The van der Waals surface area contributed by atoms with E-state index in [-0.39, 0.29) is 0 Å². The Balaban J connectivity index is 2.03. The van der Waals surface area contributed by atoms with Gasteiger partial charge in [-0.05, 0) is 13.1 Å². The summed E-state index contributed by atoms with van der Waals surface area (Å²) in [7, 11) is 0. The van der Waals surface area contributed by atoms with E-state index in [2.05, 4.69) is 54.6 Å². The summed E-state index contributed by atoms with van der Waals surface area (Å²) in [6.45, 7) is 18.6. The van der Waals surface area contributed by atoms with Gasteiger partial charge in [-0.1, -0.05) is 27.7 Å². The molecule has 1 aliphatic rings. The van der Waals surface area contributed by atoms with Gasteiger partial charge in [-0.25, -0.2) is 0 Å². The summed E-state index contributed by atoms with van der Waals surface area (Å²) < 4.78 is 0. The van der Waals surface area contributed by atoms with Gasteiger partial charge in [-0.15, -0.1) is 0 Å². The third-order valence-corrected chi connectivity index (χ3v) is 4.83. The second-order valence-corrected chi connectivity index (χ2v) is 7.18. The summed E-state index contributed by atoms with van der Waals surface area (Å²) >= 11 is 2.13. The molecule has 0 saturated carbocycles. The van der Waals surface area contributed by atoms with E-state index in [1.54, 1.807) is 0 Å². The highest BCUT2D eigenvalue weighted by Crippen LogP contribution is 2.24. The molecule has 1 rings (SSSR count). The van der Waals surface area contributed by atoms with Crippen LogP contribution in [0, 0.1) is 0 Å². The van der Waals surface area contributed by atoms with E-state index in [1.165, 1.54) is 26.2 Å². The molecule has 1 fully saturated rings. The summed E-state index contributed by atoms with van der Waals surface area (Å²) in [5.74, 6) is 0. The van der Waals surface area contributed by atoms with E-state index < -0.39 is 0 Å². The average molecular weight is 273 g/mol. The number of hydrogen-bond acceptors (Lipinski definition) is 4. The fourth-order valence-electron chi connectivity index (χ4n) is 2.61. The minimum Gasteiger partial charge on any atom is -0.314 e. The van der Waals surface area contributed by atoms with Crippen LogP contribution < -0.4 is 5.32 Å². The maximum atomic E-state index is 3.57. The van der Waals surface area contributed by atoms with Crippen LogP contribution in [0.25, 0.3) is 0 Å². The fraction of sp³-hybridized carbons (Fsp3) is 1.00. The number of nitrogens with zero attached hydrogens (tertiary/aromatic N) is 2. The molecule has 1 heterocycles. The summed E-state index contributed by atoms with van der Waals surface area (Å²) in [5, 5.41) is 5.16. The molecule has 2 atom stereocenters. The molecule has 0 aliphatic carbocycles. The minimum absolute atomic E-state index is 0.796. The summed E-state index contributed by atoms with van der Waals surface area (Å²) in [4.78, 5) is 5.07. The van der Waals surface area contributed by atoms with Crippen molar-refractivity contribution in [3.05, 3.63) is 0 Å². The van der Waals surface area contributed by atoms with Crippen LogP contribution in [0.5, 0.6) is 0 Å². The number of nitrogens with one attached hydrogen (secondary N) is 1. The highest BCUT2D eigenvalue weighted by atomic mass is 32.2. The maximum absolute atomic E-state index is 3.57. The SMILES string of the molecule is CCN(CC)CCNCCN1CC(C)SC(C)C1. The molecular formula is C14H31N3S. The van der Waals surface area contributed by atoms with Crippen LogP contribution in [0.4, 0.5) is 0 Å². The molecule has 4 heteroatoms. The van der Waals surface area contributed by atoms with Gasteiger partial charge in [-0.2, -0.15) is 11.8 Å². The summed E-state index contributed by atoms with van der Waals surface area (Å²) in [6, 6.07) is 0. The van der Waals surface area contributed by atoms with Gasteiger partial charge in [0.15, 0.2) is 0 Å². The van der Waals surface area contributed by atoms with E-state index in [0.29, 0.717) is 0 Å². The van der Waals surface area contributed by atoms with Crippen LogP contribution in [0.3, 0.4) is 0 Å². The van der Waals surface area contributed by atoms with Crippen LogP contribution in [-0.2, 0) is 0 Å². The van der Waals surface area contributed by atoms with Crippen molar-refractivity contribution in [3.63, 3.8) is 0 Å². The largest absolute Gasteiger partial charge is 0.314 e. The molecule has 3 nitrogen and oxygen atoms in total. The van der Waals surface area contributed by atoms with E-state index in [1.807, 2.05) is 0 Å². The van der Waals surface area contributed by atoms with Gasteiger partial charge < -0.3 is 10.2 Å². The molecule has 0 radical (unpaired) electrons. The minimum atomic E-state index is 0.796. The van der Waals surface area contributed by atoms with E-state index in [9.17, 15) is 0 Å². The zero-order valence-corrected chi connectivity index (χ0v) is 13.4. The average Bonchev–Trinajstić information content (AvgIpc) is 2.32. The lowest BCUT2D eigenvalue weighted by Crippen LogP contribution is -2.44. The van der Waals surface area contributed by atoms with Crippen LogP contribution in [-0.4, -0.2) is 72.7 Å². The predicted octanol–water partition coefficient (Wildman–Crippen LogP) is 1.74. The lowest BCUT2D eigenvalue weighted by Gasteiger charge is -2.34. The fourth-order valence-corrected chi connectivity index (χ4v) is 3.99. The Kier molecular flexibility index (Phi) is 8.31. The molecule has 1 aliphatic heterocycles. The predicted molar refractivity (Wildman–Crippen MR) is 83.6 cm³/mol. The quantitative estimate of drug-likeness (QED) is 0.679. The van der Waals surface area contributed by atoms with Crippen molar-refractivity contribution in [3.8, 4) is 0 Å². The first-order valence-electron chi connectivity index (χ1n) is 7.46. The van der Waals surface area contributed by atoms with E-state index >= 15 is 0 Å². The van der Waals surface area contributed by atoms with Gasteiger partial charge in [0.2, 0.25) is 0 Å². The highest BCUT2D eigenvalue weighted by Gasteiger charge is 2.21. The molecule has 1 N–H and O–H groups in total. The smallest absolute Gasteiger partial charge is 0.0149 e. The van der Waals surface area contributed by atoms with Crippen LogP contribution in [0.1, 0.15) is 27.7 Å². The highest BCUT2D eigenvalue weighted by molar-refractivity contribution is 8.00. The van der Waals surface area contributed by atoms with Crippen molar-refractivity contribution >= 4 is 11.8 Å². The maximum Gasteiger partial charge on any atom is 0.0149 e. The lowest BCUT2D eigenvalue weighted by molar-refractivity contribution is 0.263. The second-order valence-electron chi connectivity index (χ2n) is 5.29. The number of hydrogen-bond donors (Lipinski definition) is 1. The molecular weight excluding hydrogens is 242 g/mol. The first kappa shape index (κ1) is 16.3. The Bertz CT molecular complexity index is 199. The molecule has 2 unspecified atom stereocenters. The molecule has 0 amide bonds. The van der Waals surface area contributed by atoms with Crippen molar-refractivity contribution in [1.29, 1.82) is 0 Å². The number of rotatable bonds is 8. The zero-order chi connectivity index (χ0) is 13.4. The summed E-state index contributed by atoms with van der Waals surface area (Å²) in [5.41, 5.74) is 0. The Hall–Kier alpha value is 0.230. The van der Waals surface area contributed by atoms with Gasteiger partial charge in [0.1, 0.15) is 0 Å². The van der Waals surface area contributed by atoms with Crippen LogP contribution >= 0.6 is 11.8 Å². The third-order valence-electron chi connectivity index (χ3n) is 3.60. The molecule has 108 valence electrons. The molecule has 0 aromatic heterocycles. The van der Waals surface area contributed by atoms with Crippen LogP contribution in [0.2, 0.25) is 0 Å². The Labute approximate surface area is 118 Å². The molecule has 1 saturated heterocycles. The standard InChI is InChI=1S/C14H31N3S/c1-5-16(6-2)9-7-15-8-10-17-11-13(3)18-14(4)12-17/h13-15H,5-12H2,1-4H3. The van der Waals surface area contributed by atoms with E-state index in [0.717, 1.165) is 36.7 Å².